The minimum atomic E-state index is 0.903. The van der Waals surface area contributed by atoms with E-state index in [0.717, 1.165) is 61.4 Å². The number of para-hydroxylation sites is 4. The second kappa shape index (κ2) is 15.3. The third kappa shape index (κ3) is 6.46. The molecule has 0 radical (unpaired) electrons. The molecule has 12 rings (SSSR count). The van der Waals surface area contributed by atoms with Gasteiger partial charge in [0, 0.05) is 49.9 Å². The predicted octanol–water partition coefficient (Wildman–Crippen LogP) is 16.8. The quantitative estimate of drug-likeness (QED) is 0.153. The zero-order chi connectivity index (χ0) is 41.7. The Kier molecular flexibility index (Phi) is 8.83. The average molecular weight is 805 g/mol. The van der Waals surface area contributed by atoms with Crippen LogP contribution in [0.5, 0.6) is 0 Å². The third-order valence-electron chi connectivity index (χ3n) is 12.4. The molecule has 2 aromatic heterocycles. The maximum atomic E-state index is 6.44. The fourth-order valence-corrected chi connectivity index (χ4v) is 9.35. The lowest BCUT2D eigenvalue weighted by Crippen LogP contribution is -2.09. The highest BCUT2D eigenvalue weighted by Gasteiger charge is 2.17. The Balaban J connectivity index is 0.920. The molecule has 0 aliphatic carbocycles. The highest BCUT2D eigenvalue weighted by atomic mass is 16.3. The molecule has 0 bridgehead atoms. The van der Waals surface area contributed by atoms with Crippen molar-refractivity contribution >= 4 is 60.8 Å². The van der Waals surface area contributed by atoms with Gasteiger partial charge in [0.25, 0.3) is 0 Å². The summed E-state index contributed by atoms with van der Waals surface area (Å²) in [6, 6.07) is 87.0. The molecule has 3 nitrogen and oxygen atoms in total. The summed E-state index contributed by atoms with van der Waals surface area (Å²) < 4.78 is 8.82. The monoisotopic (exact) mass is 804 g/mol. The minimum absolute atomic E-state index is 0.903. The Morgan fingerprint density at radius 1 is 0.302 bits per heavy atom. The van der Waals surface area contributed by atoms with Crippen LogP contribution in [-0.4, -0.2) is 4.57 Å². The fraction of sp³-hybridized carbons (Fsp3) is 0. The normalized spacial score (nSPS) is 11.5. The molecule has 0 spiro atoms. The summed E-state index contributed by atoms with van der Waals surface area (Å²) in [5, 5.41) is 4.78. The van der Waals surface area contributed by atoms with Crippen molar-refractivity contribution in [1.82, 2.24) is 4.57 Å². The van der Waals surface area contributed by atoms with Crippen LogP contribution in [0.15, 0.2) is 247 Å². The molecular weight excluding hydrogens is 765 g/mol. The van der Waals surface area contributed by atoms with Crippen LogP contribution < -0.4 is 4.90 Å². The molecule has 0 amide bonds. The molecule has 2 heterocycles. The Labute approximate surface area is 366 Å². The van der Waals surface area contributed by atoms with Crippen molar-refractivity contribution in [2.75, 3.05) is 4.90 Å². The van der Waals surface area contributed by atoms with E-state index in [-0.39, 0.29) is 0 Å². The molecule has 0 unspecified atom stereocenters. The van der Waals surface area contributed by atoms with E-state index < -0.39 is 0 Å². The smallest absolute Gasteiger partial charge is 0.143 e. The molecule has 0 N–H and O–H groups in total. The Morgan fingerprint density at radius 3 is 1.37 bits per heavy atom. The van der Waals surface area contributed by atoms with Crippen molar-refractivity contribution in [2.45, 2.75) is 0 Å². The number of hydrogen-bond donors (Lipinski definition) is 0. The van der Waals surface area contributed by atoms with Gasteiger partial charge in [-0.3, -0.25) is 0 Å². The van der Waals surface area contributed by atoms with Crippen molar-refractivity contribution < 1.29 is 4.42 Å². The van der Waals surface area contributed by atoms with Gasteiger partial charge in [0.05, 0.1) is 11.0 Å². The van der Waals surface area contributed by atoms with Crippen LogP contribution >= 0.6 is 0 Å². The van der Waals surface area contributed by atoms with Gasteiger partial charge in [0.2, 0.25) is 0 Å². The summed E-state index contributed by atoms with van der Waals surface area (Å²) in [5.41, 5.74) is 17.9. The summed E-state index contributed by atoms with van der Waals surface area (Å²) in [4.78, 5) is 2.34. The zero-order valence-corrected chi connectivity index (χ0v) is 34.4. The van der Waals surface area contributed by atoms with E-state index >= 15 is 0 Å². The molecule has 0 saturated carbocycles. The molecule has 12 aromatic rings. The number of nitrogens with zero attached hydrogens (tertiary/aromatic N) is 2. The van der Waals surface area contributed by atoms with Crippen molar-refractivity contribution in [2.24, 2.45) is 0 Å². The number of hydrogen-bond acceptors (Lipinski definition) is 2. The van der Waals surface area contributed by atoms with Crippen molar-refractivity contribution in [3.05, 3.63) is 243 Å². The number of benzene rings is 10. The van der Waals surface area contributed by atoms with Gasteiger partial charge in [-0.1, -0.05) is 170 Å². The van der Waals surface area contributed by atoms with Crippen LogP contribution in [0.25, 0.3) is 93.9 Å². The van der Waals surface area contributed by atoms with Crippen molar-refractivity contribution in [3.8, 4) is 50.2 Å². The molecule has 63 heavy (non-hydrogen) atoms. The summed E-state index contributed by atoms with van der Waals surface area (Å²) in [5.74, 6) is 0. The summed E-state index contributed by atoms with van der Waals surface area (Å²) in [7, 11) is 0. The lowest BCUT2D eigenvalue weighted by Gasteiger charge is -2.26. The van der Waals surface area contributed by atoms with E-state index in [1.807, 2.05) is 12.1 Å². The van der Waals surface area contributed by atoms with Gasteiger partial charge in [-0.05, 0) is 112 Å². The molecule has 10 aromatic carbocycles. The average Bonchev–Trinajstić information content (AvgIpc) is 3.91. The molecule has 0 saturated heterocycles. The Morgan fingerprint density at radius 2 is 0.746 bits per heavy atom. The molecule has 0 fully saturated rings. The van der Waals surface area contributed by atoms with Crippen LogP contribution in [0.2, 0.25) is 0 Å². The SMILES string of the molecule is c1ccc(-c2cccc(-c3ccc(N(c4ccc(-c5cccc(-n6c7ccccc7c7ccccc76)c5)cc4)c4ccc(-c5cccc6c5oc5ccccc56)cc4)cc3)c2)cc1. The first-order valence-electron chi connectivity index (χ1n) is 21.5. The minimum Gasteiger partial charge on any atom is -0.455 e. The highest BCUT2D eigenvalue weighted by Crippen LogP contribution is 2.41. The van der Waals surface area contributed by atoms with Crippen LogP contribution in [0.4, 0.5) is 17.1 Å². The number of aromatic nitrogens is 1. The van der Waals surface area contributed by atoms with Crippen LogP contribution in [0.1, 0.15) is 0 Å². The van der Waals surface area contributed by atoms with Gasteiger partial charge in [-0.15, -0.1) is 0 Å². The van der Waals surface area contributed by atoms with Crippen molar-refractivity contribution in [3.63, 3.8) is 0 Å². The molecule has 296 valence electrons. The largest absolute Gasteiger partial charge is 0.455 e. The number of anilines is 3. The standard InChI is InChI=1S/C60H40N2O/c1-2-13-41(14-3-1)45-15-10-16-46(39-45)42-27-33-48(34-28-42)61(50-37-31-44(32-38-50)52-22-12-23-56-55-21-6-9-26-59(55)63-60(52)56)49-35-29-43(30-36-49)47-17-11-18-51(40-47)62-57-24-7-4-19-53(57)54-20-5-8-25-58(54)62/h1-40H. The molecular formula is C60H40N2O. The fourth-order valence-electron chi connectivity index (χ4n) is 9.35. The molecule has 0 aliphatic rings. The predicted molar refractivity (Wildman–Crippen MR) is 264 cm³/mol. The third-order valence-corrected chi connectivity index (χ3v) is 12.4. The van der Waals surface area contributed by atoms with E-state index in [9.17, 15) is 0 Å². The van der Waals surface area contributed by atoms with Crippen LogP contribution in [0.3, 0.4) is 0 Å². The van der Waals surface area contributed by atoms with E-state index in [2.05, 4.69) is 240 Å². The lowest BCUT2D eigenvalue weighted by molar-refractivity contribution is 0.670. The lowest BCUT2D eigenvalue weighted by atomic mass is 9.98. The van der Waals surface area contributed by atoms with E-state index in [4.69, 9.17) is 4.42 Å². The first kappa shape index (κ1) is 36.5. The number of furan rings is 1. The van der Waals surface area contributed by atoms with Crippen LogP contribution in [0, 0.1) is 0 Å². The second-order valence-corrected chi connectivity index (χ2v) is 16.1. The molecule has 3 heteroatoms. The van der Waals surface area contributed by atoms with Gasteiger partial charge in [0.1, 0.15) is 11.2 Å². The Hall–Kier alpha value is -8.40. The molecule has 0 aliphatic heterocycles. The summed E-state index contributed by atoms with van der Waals surface area (Å²) in [6.07, 6.45) is 0. The first-order valence-corrected chi connectivity index (χ1v) is 21.5. The first-order chi connectivity index (χ1) is 31.2. The van der Waals surface area contributed by atoms with E-state index in [0.29, 0.717) is 0 Å². The number of fused-ring (bicyclic) bond motifs is 6. The van der Waals surface area contributed by atoms with Gasteiger partial charge in [-0.25, -0.2) is 0 Å². The van der Waals surface area contributed by atoms with Gasteiger partial charge >= 0.3 is 0 Å². The van der Waals surface area contributed by atoms with E-state index in [1.165, 1.54) is 49.6 Å². The second-order valence-electron chi connectivity index (χ2n) is 16.1. The van der Waals surface area contributed by atoms with Crippen LogP contribution in [-0.2, 0) is 0 Å². The molecule has 0 atom stereocenters. The maximum Gasteiger partial charge on any atom is 0.143 e. The van der Waals surface area contributed by atoms with Gasteiger partial charge in [-0.2, -0.15) is 0 Å². The van der Waals surface area contributed by atoms with Crippen molar-refractivity contribution in [1.29, 1.82) is 0 Å². The maximum absolute atomic E-state index is 6.44. The van der Waals surface area contributed by atoms with Gasteiger partial charge in [0.15, 0.2) is 0 Å². The summed E-state index contributed by atoms with van der Waals surface area (Å²) >= 11 is 0. The zero-order valence-electron chi connectivity index (χ0n) is 34.4. The highest BCUT2D eigenvalue weighted by molar-refractivity contribution is 6.10. The number of rotatable bonds is 8. The van der Waals surface area contributed by atoms with Gasteiger partial charge < -0.3 is 13.9 Å². The topological polar surface area (TPSA) is 21.3 Å². The van der Waals surface area contributed by atoms with E-state index in [1.54, 1.807) is 0 Å². The summed E-state index contributed by atoms with van der Waals surface area (Å²) in [6.45, 7) is 0. The Bertz CT molecular complexity index is 3550.